The first kappa shape index (κ1) is 18.8. The number of rotatable bonds is 5. The molecule has 0 bridgehead atoms. The number of amides is 2. The number of methoxy groups -OCH3 is 1. The van der Waals surface area contributed by atoms with Gasteiger partial charge in [0.25, 0.3) is 5.91 Å². The summed E-state index contributed by atoms with van der Waals surface area (Å²) in [6, 6.07) is 12.2. The van der Waals surface area contributed by atoms with E-state index in [1.807, 2.05) is 17.9 Å². The average Bonchev–Trinajstić information content (AvgIpc) is 2.73. The first-order valence-corrected chi connectivity index (χ1v) is 8.98. The Labute approximate surface area is 158 Å². The Balaban J connectivity index is 1.53. The Morgan fingerprint density at radius 3 is 2.37 bits per heavy atom. The van der Waals surface area contributed by atoms with Gasteiger partial charge in [-0.3, -0.25) is 14.5 Å². The molecule has 0 radical (unpaired) electrons. The van der Waals surface area contributed by atoms with E-state index in [-0.39, 0.29) is 17.9 Å². The molecule has 0 spiro atoms. The molecule has 2 heterocycles. The topological polar surface area (TPSA) is 74.8 Å². The molecule has 0 aliphatic carbocycles. The highest BCUT2D eigenvalue weighted by molar-refractivity contribution is 5.95. The molecule has 2 amide bonds. The fourth-order valence-corrected chi connectivity index (χ4v) is 3.06. The number of benzene rings is 1. The van der Waals surface area contributed by atoms with Crippen molar-refractivity contribution < 1.29 is 14.3 Å². The Hall–Kier alpha value is -2.93. The van der Waals surface area contributed by atoms with Gasteiger partial charge in [-0.1, -0.05) is 6.07 Å². The van der Waals surface area contributed by atoms with Gasteiger partial charge in [-0.05, 0) is 43.3 Å². The van der Waals surface area contributed by atoms with E-state index in [1.165, 1.54) is 0 Å². The molecule has 1 aliphatic rings. The van der Waals surface area contributed by atoms with Crippen molar-refractivity contribution in [2.24, 2.45) is 0 Å². The van der Waals surface area contributed by atoms with Crippen molar-refractivity contribution in [2.45, 2.75) is 13.0 Å². The SMILES string of the molecule is COc1ccc(C(=O)N2CCN([C@H](C)C(=O)Nc3ccccn3)CC2)cc1. The summed E-state index contributed by atoms with van der Waals surface area (Å²) in [6.07, 6.45) is 1.64. The van der Waals surface area contributed by atoms with Gasteiger partial charge in [0, 0.05) is 37.9 Å². The highest BCUT2D eigenvalue weighted by Gasteiger charge is 2.28. The Morgan fingerprint density at radius 1 is 1.07 bits per heavy atom. The molecule has 1 aliphatic heterocycles. The molecular formula is C20H24N4O3. The first-order chi connectivity index (χ1) is 13.1. The van der Waals surface area contributed by atoms with Crippen LogP contribution < -0.4 is 10.1 Å². The number of hydrogen-bond acceptors (Lipinski definition) is 5. The summed E-state index contributed by atoms with van der Waals surface area (Å²) in [6.45, 7) is 4.36. The quantitative estimate of drug-likeness (QED) is 0.872. The van der Waals surface area contributed by atoms with Crippen LogP contribution in [0, 0.1) is 0 Å². The highest BCUT2D eigenvalue weighted by atomic mass is 16.5. The molecule has 0 saturated carbocycles. The van der Waals surface area contributed by atoms with Crippen LogP contribution in [0.3, 0.4) is 0 Å². The monoisotopic (exact) mass is 368 g/mol. The molecule has 7 heteroatoms. The molecule has 1 aromatic heterocycles. The number of nitrogens with zero attached hydrogens (tertiary/aromatic N) is 3. The van der Waals surface area contributed by atoms with E-state index in [4.69, 9.17) is 4.74 Å². The van der Waals surface area contributed by atoms with Gasteiger partial charge in [-0.25, -0.2) is 4.98 Å². The molecule has 1 atom stereocenters. The van der Waals surface area contributed by atoms with Crippen molar-refractivity contribution in [3.63, 3.8) is 0 Å². The molecule has 0 unspecified atom stereocenters. The lowest BCUT2D eigenvalue weighted by atomic mass is 10.1. The summed E-state index contributed by atoms with van der Waals surface area (Å²) >= 11 is 0. The van der Waals surface area contributed by atoms with Crippen molar-refractivity contribution in [1.29, 1.82) is 0 Å². The second-order valence-corrected chi connectivity index (χ2v) is 6.44. The van der Waals surface area contributed by atoms with E-state index in [0.717, 1.165) is 5.75 Å². The lowest BCUT2D eigenvalue weighted by Gasteiger charge is -2.37. The summed E-state index contributed by atoms with van der Waals surface area (Å²) in [5, 5.41) is 2.83. The number of ether oxygens (including phenoxy) is 1. The molecule has 2 aromatic rings. The lowest BCUT2D eigenvalue weighted by Crippen LogP contribution is -2.54. The number of piperazine rings is 1. The van der Waals surface area contributed by atoms with E-state index in [2.05, 4.69) is 15.2 Å². The fourth-order valence-electron chi connectivity index (χ4n) is 3.06. The van der Waals surface area contributed by atoms with Crippen LogP contribution in [-0.4, -0.2) is 65.9 Å². The minimum Gasteiger partial charge on any atom is -0.497 e. The summed E-state index contributed by atoms with van der Waals surface area (Å²) in [4.78, 5) is 33.1. The van der Waals surface area contributed by atoms with Crippen LogP contribution >= 0.6 is 0 Å². The lowest BCUT2D eigenvalue weighted by molar-refractivity contribution is -0.121. The maximum Gasteiger partial charge on any atom is 0.253 e. The zero-order valence-electron chi connectivity index (χ0n) is 15.6. The van der Waals surface area contributed by atoms with Crippen LogP contribution in [-0.2, 0) is 4.79 Å². The van der Waals surface area contributed by atoms with E-state index in [1.54, 1.807) is 49.7 Å². The standard InChI is InChI=1S/C20H24N4O3/c1-15(19(25)22-18-5-3-4-10-21-18)23-11-13-24(14-12-23)20(26)16-6-8-17(27-2)9-7-16/h3-10,15H,11-14H2,1-2H3,(H,21,22,25)/t15-/m1/s1. The Kier molecular flexibility index (Phi) is 6.03. The van der Waals surface area contributed by atoms with Gasteiger partial charge in [0.2, 0.25) is 5.91 Å². The van der Waals surface area contributed by atoms with Gasteiger partial charge < -0.3 is 15.0 Å². The molecule has 1 N–H and O–H groups in total. The number of pyridine rings is 1. The summed E-state index contributed by atoms with van der Waals surface area (Å²) in [5.74, 6) is 1.18. The first-order valence-electron chi connectivity index (χ1n) is 8.98. The number of aromatic nitrogens is 1. The van der Waals surface area contributed by atoms with E-state index in [9.17, 15) is 9.59 Å². The number of hydrogen-bond donors (Lipinski definition) is 1. The van der Waals surface area contributed by atoms with Crippen LogP contribution in [0.5, 0.6) is 5.75 Å². The average molecular weight is 368 g/mol. The van der Waals surface area contributed by atoms with Crippen LogP contribution in [0.15, 0.2) is 48.7 Å². The molecule has 1 aromatic carbocycles. The highest BCUT2D eigenvalue weighted by Crippen LogP contribution is 2.15. The van der Waals surface area contributed by atoms with Crippen molar-refractivity contribution in [1.82, 2.24) is 14.8 Å². The molecular weight excluding hydrogens is 344 g/mol. The van der Waals surface area contributed by atoms with Crippen molar-refractivity contribution in [3.05, 3.63) is 54.2 Å². The van der Waals surface area contributed by atoms with Gasteiger partial charge in [0.1, 0.15) is 11.6 Å². The van der Waals surface area contributed by atoms with Gasteiger partial charge in [0.15, 0.2) is 0 Å². The second-order valence-electron chi connectivity index (χ2n) is 6.44. The molecule has 27 heavy (non-hydrogen) atoms. The zero-order chi connectivity index (χ0) is 19.2. The van der Waals surface area contributed by atoms with Crippen LogP contribution in [0.2, 0.25) is 0 Å². The third-order valence-corrected chi connectivity index (χ3v) is 4.78. The molecule has 1 fully saturated rings. The van der Waals surface area contributed by atoms with Gasteiger partial charge in [-0.2, -0.15) is 0 Å². The second kappa shape index (κ2) is 8.64. The van der Waals surface area contributed by atoms with Gasteiger partial charge >= 0.3 is 0 Å². The number of carbonyl (C=O) groups is 2. The van der Waals surface area contributed by atoms with Gasteiger partial charge in [0.05, 0.1) is 13.2 Å². The third kappa shape index (κ3) is 4.62. The maximum absolute atomic E-state index is 12.6. The smallest absolute Gasteiger partial charge is 0.253 e. The van der Waals surface area contributed by atoms with E-state index >= 15 is 0 Å². The summed E-state index contributed by atoms with van der Waals surface area (Å²) in [5.41, 5.74) is 0.644. The maximum atomic E-state index is 12.6. The van der Waals surface area contributed by atoms with E-state index in [0.29, 0.717) is 37.6 Å². The van der Waals surface area contributed by atoms with Crippen molar-refractivity contribution in [2.75, 3.05) is 38.6 Å². The van der Waals surface area contributed by atoms with Crippen molar-refractivity contribution >= 4 is 17.6 Å². The fraction of sp³-hybridized carbons (Fsp3) is 0.350. The molecule has 1 saturated heterocycles. The minimum absolute atomic E-state index is 0.00268. The van der Waals surface area contributed by atoms with Gasteiger partial charge in [-0.15, -0.1) is 0 Å². The largest absolute Gasteiger partial charge is 0.497 e. The predicted molar refractivity (Wildman–Crippen MR) is 103 cm³/mol. The normalized spacial score (nSPS) is 15.9. The Bertz CT molecular complexity index is 772. The predicted octanol–water partition coefficient (Wildman–Crippen LogP) is 1.88. The van der Waals surface area contributed by atoms with Crippen molar-refractivity contribution in [3.8, 4) is 5.75 Å². The number of carbonyl (C=O) groups excluding carboxylic acids is 2. The van der Waals surface area contributed by atoms with Crippen LogP contribution in [0.4, 0.5) is 5.82 Å². The van der Waals surface area contributed by atoms with Crippen LogP contribution in [0.1, 0.15) is 17.3 Å². The van der Waals surface area contributed by atoms with E-state index < -0.39 is 0 Å². The zero-order valence-corrected chi connectivity index (χ0v) is 15.6. The third-order valence-electron chi connectivity index (χ3n) is 4.78. The molecule has 3 rings (SSSR count). The summed E-state index contributed by atoms with van der Waals surface area (Å²) in [7, 11) is 1.60. The number of anilines is 1. The number of nitrogens with one attached hydrogen (secondary N) is 1. The minimum atomic E-state index is -0.287. The molecule has 7 nitrogen and oxygen atoms in total. The summed E-state index contributed by atoms with van der Waals surface area (Å²) < 4.78 is 5.13. The Morgan fingerprint density at radius 2 is 1.78 bits per heavy atom. The van der Waals surface area contributed by atoms with Crippen LogP contribution in [0.25, 0.3) is 0 Å². The molecule has 142 valence electrons.